The predicted octanol–water partition coefficient (Wildman–Crippen LogP) is 3.65. The summed E-state index contributed by atoms with van der Waals surface area (Å²) >= 11 is 0. The molecule has 0 fully saturated rings. The zero-order chi connectivity index (χ0) is 15.1. The van der Waals surface area contributed by atoms with Crippen LogP contribution in [0.1, 0.15) is 42.5 Å². The largest absolute Gasteiger partial charge is 0.383 e. The Balaban J connectivity index is 2.12. The lowest BCUT2D eigenvalue weighted by atomic mass is 9.98. The highest BCUT2D eigenvalue weighted by molar-refractivity contribution is 5.43. The third kappa shape index (κ3) is 4.57. The Kier molecular flexibility index (Phi) is 5.76. The number of nitrogens with two attached hydrogens (primary N) is 1. The molecule has 1 aromatic carbocycles. The number of hydrogen-bond donors (Lipinski definition) is 2. The molecule has 1 heterocycles. The fraction of sp³-hybridized carbons (Fsp3) is 0.389. The minimum Gasteiger partial charge on any atom is -0.383 e. The monoisotopic (exact) mass is 283 g/mol. The van der Waals surface area contributed by atoms with Crippen molar-refractivity contribution in [2.24, 2.45) is 0 Å². The van der Waals surface area contributed by atoms with Gasteiger partial charge in [-0.25, -0.2) is 4.98 Å². The highest BCUT2D eigenvalue weighted by Gasteiger charge is 2.14. The zero-order valence-electron chi connectivity index (χ0n) is 13.0. The first-order valence-electron chi connectivity index (χ1n) is 7.70. The molecule has 0 radical (unpaired) electrons. The summed E-state index contributed by atoms with van der Waals surface area (Å²) in [5.41, 5.74) is 9.72. The second-order valence-corrected chi connectivity index (χ2v) is 5.52. The number of nitrogen functional groups attached to an aromatic ring is 1. The maximum absolute atomic E-state index is 6.08. The summed E-state index contributed by atoms with van der Waals surface area (Å²) in [6.45, 7) is 5.23. The molecule has 2 aromatic rings. The molecule has 1 aromatic heterocycles. The van der Waals surface area contributed by atoms with E-state index in [1.165, 1.54) is 5.56 Å². The highest BCUT2D eigenvalue weighted by Crippen LogP contribution is 2.24. The first-order chi connectivity index (χ1) is 10.2. The van der Waals surface area contributed by atoms with Gasteiger partial charge in [0.2, 0.25) is 0 Å². The average molecular weight is 283 g/mol. The number of hydrogen-bond acceptors (Lipinski definition) is 3. The van der Waals surface area contributed by atoms with E-state index in [1.54, 1.807) is 0 Å². The van der Waals surface area contributed by atoms with Crippen molar-refractivity contribution in [3.8, 4) is 0 Å². The molecule has 0 saturated heterocycles. The van der Waals surface area contributed by atoms with Crippen molar-refractivity contribution < 1.29 is 0 Å². The summed E-state index contributed by atoms with van der Waals surface area (Å²) in [6, 6.07) is 13.0. The van der Waals surface area contributed by atoms with E-state index in [1.807, 2.05) is 6.20 Å². The minimum absolute atomic E-state index is 0.262. The quantitative estimate of drug-likeness (QED) is 0.815. The van der Waals surface area contributed by atoms with Crippen molar-refractivity contribution in [2.75, 3.05) is 12.3 Å². The molecule has 0 amide bonds. The van der Waals surface area contributed by atoms with E-state index >= 15 is 0 Å². The van der Waals surface area contributed by atoms with E-state index in [4.69, 9.17) is 5.73 Å². The number of aryl methyl sites for hydroxylation is 2. The summed E-state index contributed by atoms with van der Waals surface area (Å²) in [5.74, 6) is 0.641. The van der Waals surface area contributed by atoms with Gasteiger partial charge in [0.25, 0.3) is 0 Å². The second-order valence-electron chi connectivity index (χ2n) is 5.52. The van der Waals surface area contributed by atoms with E-state index in [0.717, 1.165) is 36.9 Å². The normalized spacial score (nSPS) is 12.3. The smallest absolute Gasteiger partial charge is 0.128 e. The molecule has 112 valence electrons. The number of aromatic nitrogens is 1. The fourth-order valence-electron chi connectivity index (χ4n) is 2.52. The SMILES string of the molecule is CCCNC(CCc1ccccc1)c1cc(C)cnc1N. The van der Waals surface area contributed by atoms with E-state index in [2.05, 4.69) is 60.5 Å². The molecule has 2 rings (SSSR count). The maximum Gasteiger partial charge on any atom is 0.128 e. The van der Waals surface area contributed by atoms with Crippen LogP contribution >= 0.6 is 0 Å². The zero-order valence-corrected chi connectivity index (χ0v) is 13.0. The van der Waals surface area contributed by atoms with Gasteiger partial charge in [0.15, 0.2) is 0 Å². The molecule has 0 aliphatic rings. The Hall–Kier alpha value is -1.87. The van der Waals surface area contributed by atoms with Crippen LogP contribution in [0.15, 0.2) is 42.6 Å². The van der Waals surface area contributed by atoms with Crippen LogP contribution in [0.4, 0.5) is 5.82 Å². The molecule has 1 unspecified atom stereocenters. The molecule has 0 spiro atoms. The van der Waals surface area contributed by atoms with Crippen LogP contribution in [-0.4, -0.2) is 11.5 Å². The molecule has 1 atom stereocenters. The lowest BCUT2D eigenvalue weighted by Gasteiger charge is -2.20. The lowest BCUT2D eigenvalue weighted by molar-refractivity contribution is 0.499. The van der Waals surface area contributed by atoms with E-state index in [9.17, 15) is 0 Å². The van der Waals surface area contributed by atoms with E-state index in [0.29, 0.717) is 5.82 Å². The van der Waals surface area contributed by atoms with Crippen LogP contribution < -0.4 is 11.1 Å². The Morgan fingerprint density at radius 1 is 1.24 bits per heavy atom. The topological polar surface area (TPSA) is 50.9 Å². The van der Waals surface area contributed by atoms with Gasteiger partial charge in [-0.2, -0.15) is 0 Å². The molecule has 0 saturated carbocycles. The van der Waals surface area contributed by atoms with Gasteiger partial charge < -0.3 is 11.1 Å². The Morgan fingerprint density at radius 2 is 2.00 bits per heavy atom. The number of nitrogens with one attached hydrogen (secondary N) is 1. The van der Waals surface area contributed by atoms with Crippen LogP contribution in [-0.2, 0) is 6.42 Å². The van der Waals surface area contributed by atoms with Crippen molar-refractivity contribution in [2.45, 2.75) is 39.2 Å². The Morgan fingerprint density at radius 3 is 2.71 bits per heavy atom. The van der Waals surface area contributed by atoms with Gasteiger partial charge in [0.1, 0.15) is 5.82 Å². The number of pyridine rings is 1. The molecule has 0 aliphatic carbocycles. The molecular weight excluding hydrogens is 258 g/mol. The molecule has 0 aliphatic heterocycles. The fourth-order valence-corrected chi connectivity index (χ4v) is 2.52. The molecule has 0 bridgehead atoms. The van der Waals surface area contributed by atoms with Crippen molar-refractivity contribution in [3.63, 3.8) is 0 Å². The average Bonchev–Trinajstić information content (AvgIpc) is 2.51. The first-order valence-corrected chi connectivity index (χ1v) is 7.70. The van der Waals surface area contributed by atoms with Gasteiger partial charge in [-0.15, -0.1) is 0 Å². The van der Waals surface area contributed by atoms with E-state index in [-0.39, 0.29) is 6.04 Å². The van der Waals surface area contributed by atoms with Crippen LogP contribution in [0, 0.1) is 6.92 Å². The highest BCUT2D eigenvalue weighted by atomic mass is 14.9. The number of nitrogens with zero attached hydrogens (tertiary/aromatic N) is 1. The van der Waals surface area contributed by atoms with Gasteiger partial charge >= 0.3 is 0 Å². The predicted molar refractivity (Wildman–Crippen MR) is 89.2 cm³/mol. The summed E-state index contributed by atoms with van der Waals surface area (Å²) in [4.78, 5) is 4.30. The molecular formula is C18H25N3. The Labute approximate surface area is 127 Å². The summed E-state index contributed by atoms with van der Waals surface area (Å²) in [5, 5.41) is 3.60. The van der Waals surface area contributed by atoms with Crippen LogP contribution in [0.3, 0.4) is 0 Å². The van der Waals surface area contributed by atoms with Gasteiger partial charge in [0, 0.05) is 17.8 Å². The molecule has 3 nitrogen and oxygen atoms in total. The minimum atomic E-state index is 0.262. The maximum atomic E-state index is 6.08. The third-order valence-electron chi connectivity index (χ3n) is 3.67. The summed E-state index contributed by atoms with van der Waals surface area (Å²) in [6.07, 6.45) is 5.00. The van der Waals surface area contributed by atoms with E-state index < -0.39 is 0 Å². The van der Waals surface area contributed by atoms with Crippen LogP contribution in [0.2, 0.25) is 0 Å². The standard InChI is InChI=1S/C18H25N3/c1-3-11-20-17(10-9-15-7-5-4-6-8-15)16-12-14(2)13-21-18(16)19/h4-8,12-13,17,20H,3,9-11H2,1-2H3,(H2,19,21). The van der Waals surface area contributed by atoms with Crippen LogP contribution in [0.5, 0.6) is 0 Å². The van der Waals surface area contributed by atoms with Gasteiger partial charge in [0.05, 0.1) is 0 Å². The summed E-state index contributed by atoms with van der Waals surface area (Å²) in [7, 11) is 0. The number of anilines is 1. The van der Waals surface area contributed by atoms with Crippen molar-refractivity contribution in [1.29, 1.82) is 0 Å². The van der Waals surface area contributed by atoms with Gasteiger partial charge in [-0.05, 0) is 49.9 Å². The van der Waals surface area contributed by atoms with Crippen LogP contribution in [0.25, 0.3) is 0 Å². The lowest BCUT2D eigenvalue weighted by Crippen LogP contribution is -2.24. The molecule has 3 N–H and O–H groups in total. The first kappa shape index (κ1) is 15.5. The summed E-state index contributed by atoms with van der Waals surface area (Å²) < 4.78 is 0. The second kappa shape index (κ2) is 7.79. The molecule has 21 heavy (non-hydrogen) atoms. The molecule has 3 heteroatoms. The van der Waals surface area contributed by atoms with Gasteiger partial charge in [-0.1, -0.05) is 37.3 Å². The Bertz CT molecular complexity index is 552. The number of rotatable bonds is 7. The van der Waals surface area contributed by atoms with Crippen molar-refractivity contribution >= 4 is 5.82 Å². The third-order valence-corrected chi connectivity index (χ3v) is 3.67. The van der Waals surface area contributed by atoms with Gasteiger partial charge in [-0.3, -0.25) is 0 Å². The van der Waals surface area contributed by atoms with Crippen molar-refractivity contribution in [1.82, 2.24) is 10.3 Å². The number of benzene rings is 1. The van der Waals surface area contributed by atoms with Crippen molar-refractivity contribution in [3.05, 3.63) is 59.3 Å².